The fourth-order valence-corrected chi connectivity index (χ4v) is 3.58. The van der Waals surface area contributed by atoms with Crippen LogP contribution in [0, 0.1) is 5.82 Å². The van der Waals surface area contributed by atoms with Crippen molar-refractivity contribution >= 4 is 27.3 Å². The smallest absolute Gasteiger partial charge is 0.255 e. The number of hydrogen-bond acceptors (Lipinski definition) is 3. The van der Waals surface area contributed by atoms with Gasteiger partial charge in [0.15, 0.2) is 0 Å². The van der Waals surface area contributed by atoms with E-state index in [-0.39, 0.29) is 12.5 Å². The van der Waals surface area contributed by atoms with Crippen molar-refractivity contribution in [1.29, 1.82) is 0 Å². The lowest BCUT2D eigenvalue weighted by Gasteiger charge is -2.22. The third-order valence-electron chi connectivity index (χ3n) is 4.07. The second-order valence-electron chi connectivity index (χ2n) is 6.27. The van der Waals surface area contributed by atoms with E-state index in [1.807, 2.05) is 6.07 Å². The van der Waals surface area contributed by atoms with Crippen molar-refractivity contribution in [2.75, 3.05) is 15.9 Å². The van der Waals surface area contributed by atoms with Crippen LogP contribution in [0.4, 0.5) is 15.8 Å². The average Bonchev–Trinajstić information content (AvgIpc) is 2.66. The molecule has 0 aromatic heterocycles. The van der Waals surface area contributed by atoms with E-state index in [9.17, 15) is 17.6 Å². The molecule has 5 nitrogen and oxygen atoms in total. The number of carbonyl (C=O) groups excluding carboxylic acids is 1. The third-order valence-corrected chi connectivity index (χ3v) is 5.21. The molecule has 0 bridgehead atoms. The molecule has 0 unspecified atom stereocenters. The van der Waals surface area contributed by atoms with Crippen molar-refractivity contribution in [3.8, 4) is 0 Å². The highest BCUT2D eigenvalue weighted by atomic mass is 32.2. The number of para-hydroxylation sites is 1. The maximum atomic E-state index is 13.2. The molecule has 0 aliphatic carbocycles. The molecular formula is C21H19FN2O3S. The van der Waals surface area contributed by atoms with Crippen LogP contribution >= 0.6 is 0 Å². The predicted octanol–water partition coefficient (Wildman–Crippen LogP) is 4.04. The molecule has 0 saturated carbocycles. The van der Waals surface area contributed by atoms with Crippen LogP contribution in [0.25, 0.3) is 0 Å². The van der Waals surface area contributed by atoms with Gasteiger partial charge in [0.2, 0.25) is 10.0 Å². The molecule has 3 aromatic rings. The van der Waals surface area contributed by atoms with Crippen LogP contribution in [-0.4, -0.2) is 20.6 Å². The van der Waals surface area contributed by atoms with E-state index in [1.54, 1.807) is 54.6 Å². The van der Waals surface area contributed by atoms with Gasteiger partial charge in [-0.15, -0.1) is 0 Å². The van der Waals surface area contributed by atoms with Crippen molar-refractivity contribution in [1.82, 2.24) is 0 Å². The fraction of sp³-hybridized carbons (Fsp3) is 0.0952. The quantitative estimate of drug-likeness (QED) is 0.681. The Labute approximate surface area is 163 Å². The van der Waals surface area contributed by atoms with Crippen LogP contribution < -0.4 is 9.62 Å². The van der Waals surface area contributed by atoms with Gasteiger partial charge in [-0.3, -0.25) is 9.10 Å². The summed E-state index contributed by atoms with van der Waals surface area (Å²) in [6, 6.07) is 21.0. The van der Waals surface area contributed by atoms with Crippen molar-refractivity contribution in [3.63, 3.8) is 0 Å². The molecule has 28 heavy (non-hydrogen) atoms. The normalized spacial score (nSPS) is 11.1. The highest BCUT2D eigenvalue weighted by Gasteiger charge is 2.17. The number of nitrogens with zero attached hydrogens (tertiary/aromatic N) is 1. The zero-order valence-corrected chi connectivity index (χ0v) is 16.0. The van der Waals surface area contributed by atoms with Crippen LogP contribution in [-0.2, 0) is 16.6 Å². The van der Waals surface area contributed by atoms with E-state index < -0.39 is 15.8 Å². The summed E-state index contributed by atoms with van der Waals surface area (Å²) in [5, 5.41) is 2.62. The van der Waals surface area contributed by atoms with Crippen molar-refractivity contribution in [2.45, 2.75) is 6.54 Å². The molecule has 1 N–H and O–H groups in total. The SMILES string of the molecule is CS(=O)(=O)N(Cc1ccc(C(=O)Nc2cccc(F)c2)cc1)c1ccccc1. The minimum absolute atomic E-state index is 0.147. The molecular weight excluding hydrogens is 379 g/mol. The lowest BCUT2D eigenvalue weighted by atomic mass is 10.1. The molecule has 144 valence electrons. The van der Waals surface area contributed by atoms with Gasteiger partial charge in [0.05, 0.1) is 18.5 Å². The molecule has 3 aromatic carbocycles. The van der Waals surface area contributed by atoms with Gasteiger partial charge >= 0.3 is 0 Å². The molecule has 0 heterocycles. The van der Waals surface area contributed by atoms with E-state index in [1.165, 1.54) is 22.5 Å². The number of carbonyl (C=O) groups is 1. The molecule has 0 atom stereocenters. The van der Waals surface area contributed by atoms with E-state index in [0.29, 0.717) is 16.9 Å². The standard InChI is InChI=1S/C21H19FN2O3S/c1-28(26,27)24(20-8-3-2-4-9-20)15-16-10-12-17(13-11-16)21(25)23-19-7-5-6-18(22)14-19/h2-14H,15H2,1H3,(H,23,25). The van der Waals surface area contributed by atoms with E-state index in [2.05, 4.69) is 5.32 Å². The maximum Gasteiger partial charge on any atom is 0.255 e. The molecule has 7 heteroatoms. The number of benzene rings is 3. The monoisotopic (exact) mass is 398 g/mol. The Morgan fingerprint density at radius 2 is 1.64 bits per heavy atom. The van der Waals surface area contributed by atoms with Gasteiger partial charge in [0.25, 0.3) is 5.91 Å². The highest BCUT2D eigenvalue weighted by molar-refractivity contribution is 7.92. The lowest BCUT2D eigenvalue weighted by molar-refractivity contribution is 0.102. The Kier molecular flexibility index (Phi) is 5.75. The first-order chi connectivity index (χ1) is 13.3. The molecule has 0 saturated heterocycles. The number of halogens is 1. The Morgan fingerprint density at radius 3 is 2.25 bits per heavy atom. The van der Waals surface area contributed by atoms with Gasteiger partial charge in [-0.1, -0.05) is 36.4 Å². The number of amides is 1. The van der Waals surface area contributed by atoms with Gasteiger partial charge in [-0.25, -0.2) is 12.8 Å². The van der Waals surface area contributed by atoms with Crippen molar-refractivity contribution in [2.24, 2.45) is 0 Å². The predicted molar refractivity (Wildman–Crippen MR) is 108 cm³/mol. The number of sulfonamides is 1. The zero-order chi connectivity index (χ0) is 20.1. The Morgan fingerprint density at radius 1 is 0.964 bits per heavy atom. The fourth-order valence-electron chi connectivity index (χ4n) is 2.69. The van der Waals surface area contributed by atoms with Crippen LogP contribution in [0.2, 0.25) is 0 Å². The van der Waals surface area contributed by atoms with Crippen molar-refractivity contribution in [3.05, 3.63) is 95.8 Å². The maximum absolute atomic E-state index is 13.2. The molecule has 0 aliphatic rings. The summed E-state index contributed by atoms with van der Waals surface area (Å²) in [7, 11) is -3.47. The van der Waals surface area contributed by atoms with E-state index >= 15 is 0 Å². The summed E-state index contributed by atoms with van der Waals surface area (Å²) >= 11 is 0. The van der Waals surface area contributed by atoms with Gasteiger partial charge in [-0.05, 0) is 48.0 Å². The Hall–Kier alpha value is -3.19. The lowest BCUT2D eigenvalue weighted by Crippen LogP contribution is -2.29. The topological polar surface area (TPSA) is 66.5 Å². The largest absolute Gasteiger partial charge is 0.322 e. The van der Waals surface area contributed by atoms with Gasteiger partial charge in [0.1, 0.15) is 5.82 Å². The molecule has 0 fully saturated rings. The number of nitrogens with one attached hydrogen (secondary N) is 1. The first-order valence-corrected chi connectivity index (χ1v) is 10.4. The highest BCUT2D eigenvalue weighted by Crippen LogP contribution is 2.20. The molecule has 0 radical (unpaired) electrons. The van der Waals surface area contributed by atoms with Gasteiger partial charge in [-0.2, -0.15) is 0 Å². The molecule has 1 amide bonds. The van der Waals surface area contributed by atoms with Gasteiger partial charge < -0.3 is 5.32 Å². The molecule has 3 rings (SSSR count). The molecule has 0 aliphatic heterocycles. The second-order valence-corrected chi connectivity index (χ2v) is 8.17. The van der Waals surface area contributed by atoms with Crippen LogP contribution in [0.3, 0.4) is 0 Å². The second kappa shape index (κ2) is 8.22. The summed E-state index contributed by atoms with van der Waals surface area (Å²) in [5.74, 6) is -0.810. The summed E-state index contributed by atoms with van der Waals surface area (Å²) in [6.07, 6.45) is 1.15. The Balaban J connectivity index is 1.75. The molecule has 0 spiro atoms. The summed E-state index contributed by atoms with van der Waals surface area (Å²) in [6.45, 7) is 0.147. The number of rotatable bonds is 6. The minimum Gasteiger partial charge on any atom is -0.322 e. The average molecular weight is 398 g/mol. The summed E-state index contributed by atoms with van der Waals surface area (Å²) in [5.41, 5.74) is 2.05. The van der Waals surface area contributed by atoms with E-state index in [4.69, 9.17) is 0 Å². The minimum atomic E-state index is -3.47. The van der Waals surface area contributed by atoms with Crippen LogP contribution in [0.5, 0.6) is 0 Å². The van der Waals surface area contributed by atoms with Crippen LogP contribution in [0.1, 0.15) is 15.9 Å². The third kappa shape index (κ3) is 4.95. The summed E-state index contributed by atoms with van der Waals surface area (Å²) in [4.78, 5) is 12.3. The first kappa shape index (κ1) is 19.6. The van der Waals surface area contributed by atoms with Gasteiger partial charge in [0, 0.05) is 11.3 Å². The Bertz CT molecular complexity index is 1070. The summed E-state index contributed by atoms with van der Waals surface area (Å²) < 4.78 is 38.9. The van der Waals surface area contributed by atoms with Crippen LogP contribution in [0.15, 0.2) is 78.9 Å². The van der Waals surface area contributed by atoms with Crippen molar-refractivity contribution < 1.29 is 17.6 Å². The number of anilines is 2. The van der Waals surface area contributed by atoms with E-state index in [0.717, 1.165) is 11.8 Å². The zero-order valence-electron chi connectivity index (χ0n) is 15.2. The number of hydrogen-bond donors (Lipinski definition) is 1. The first-order valence-electron chi connectivity index (χ1n) is 8.51.